The van der Waals surface area contributed by atoms with Crippen LogP contribution in [-0.2, 0) is 0 Å². The first-order chi connectivity index (χ1) is 10.3. The molecule has 1 aliphatic rings. The molecule has 1 aliphatic heterocycles. The van der Waals surface area contributed by atoms with Gasteiger partial charge in [-0.15, -0.1) is 0 Å². The van der Waals surface area contributed by atoms with Crippen molar-refractivity contribution in [3.8, 4) is 0 Å². The van der Waals surface area contributed by atoms with E-state index in [1.165, 1.54) is 38.9 Å². The van der Waals surface area contributed by atoms with Gasteiger partial charge in [-0.1, -0.05) is 18.5 Å². The monoisotopic (exact) mass is 303 g/mol. The lowest BCUT2D eigenvalue weighted by Crippen LogP contribution is -2.39. The minimum absolute atomic E-state index is 0.544. The van der Waals surface area contributed by atoms with E-state index in [0.29, 0.717) is 11.1 Å². The van der Waals surface area contributed by atoms with Gasteiger partial charge in [-0.05, 0) is 50.1 Å². The Morgan fingerprint density at radius 3 is 2.86 bits per heavy atom. The zero-order valence-electron chi connectivity index (χ0n) is 12.5. The zero-order valence-corrected chi connectivity index (χ0v) is 13.2. The number of nitrogens with one attached hydrogen (secondary N) is 1. The van der Waals surface area contributed by atoms with E-state index in [2.05, 4.69) is 34.3 Å². The molecule has 0 unspecified atom stereocenters. The molecule has 1 N–H and O–H groups in total. The molecule has 0 radical (unpaired) electrons. The maximum Gasteiger partial charge on any atom is 0.0908 e. The van der Waals surface area contributed by atoms with Gasteiger partial charge in [-0.2, -0.15) is 0 Å². The van der Waals surface area contributed by atoms with Crippen molar-refractivity contribution in [1.82, 2.24) is 9.88 Å². The molecule has 1 fully saturated rings. The summed E-state index contributed by atoms with van der Waals surface area (Å²) in [6.45, 7) is 5.85. The molecular weight excluding hydrogens is 282 g/mol. The first-order valence-corrected chi connectivity index (χ1v) is 8.18. The second-order valence-corrected chi connectivity index (χ2v) is 6.16. The predicted molar refractivity (Wildman–Crippen MR) is 90.1 cm³/mol. The molecule has 0 spiro atoms. The Labute approximate surface area is 131 Å². The molecule has 4 heteroatoms. The van der Waals surface area contributed by atoms with Crippen LogP contribution in [0.25, 0.3) is 10.9 Å². The maximum absolute atomic E-state index is 6.23. The average Bonchev–Trinajstić information content (AvgIpc) is 2.52. The fourth-order valence-electron chi connectivity index (χ4n) is 3.10. The van der Waals surface area contributed by atoms with Gasteiger partial charge < -0.3 is 10.2 Å². The molecule has 1 aromatic heterocycles. The molecule has 1 saturated heterocycles. The van der Waals surface area contributed by atoms with E-state index >= 15 is 0 Å². The third-order valence-corrected chi connectivity index (χ3v) is 4.51. The number of hydrogen-bond acceptors (Lipinski definition) is 3. The Hall–Kier alpha value is -1.32. The van der Waals surface area contributed by atoms with Crippen molar-refractivity contribution >= 4 is 28.2 Å². The summed E-state index contributed by atoms with van der Waals surface area (Å²) in [7, 11) is 0. The molecule has 1 aromatic carbocycles. The lowest BCUT2D eigenvalue weighted by molar-refractivity contribution is 0.219. The molecule has 0 bridgehead atoms. The minimum atomic E-state index is 0.544. The molecule has 0 saturated carbocycles. The molecule has 3 rings (SSSR count). The van der Waals surface area contributed by atoms with Gasteiger partial charge in [0.15, 0.2) is 0 Å². The fraction of sp³-hybridized carbons (Fsp3) is 0.471. The van der Waals surface area contributed by atoms with Crippen LogP contribution in [0, 0.1) is 0 Å². The topological polar surface area (TPSA) is 28.2 Å². The Bertz CT molecular complexity index is 606. The second kappa shape index (κ2) is 6.63. The number of anilines is 1. The molecule has 0 aliphatic carbocycles. The first-order valence-electron chi connectivity index (χ1n) is 7.80. The number of nitrogens with zero attached hydrogens (tertiary/aromatic N) is 2. The summed E-state index contributed by atoms with van der Waals surface area (Å²) in [4.78, 5) is 6.95. The lowest BCUT2D eigenvalue weighted by Gasteiger charge is -2.32. The third-order valence-electron chi connectivity index (χ3n) is 4.21. The van der Waals surface area contributed by atoms with Gasteiger partial charge in [0.2, 0.25) is 0 Å². The van der Waals surface area contributed by atoms with E-state index in [0.717, 1.165) is 16.6 Å². The number of likely N-dealkylation sites (tertiary alicyclic amines) is 1. The number of rotatable bonds is 4. The van der Waals surface area contributed by atoms with E-state index in [1.54, 1.807) is 6.20 Å². The Morgan fingerprint density at radius 2 is 2.10 bits per heavy atom. The highest BCUT2D eigenvalue weighted by Gasteiger charge is 2.19. The van der Waals surface area contributed by atoms with Crippen molar-refractivity contribution in [1.29, 1.82) is 0 Å². The number of pyridine rings is 1. The predicted octanol–water partition coefficient (Wildman–Crippen LogP) is 4.17. The van der Waals surface area contributed by atoms with Crippen LogP contribution in [0.4, 0.5) is 5.69 Å². The molecule has 2 aromatic rings. The van der Waals surface area contributed by atoms with Gasteiger partial charge in [0, 0.05) is 36.4 Å². The summed E-state index contributed by atoms with van der Waals surface area (Å²) in [5.41, 5.74) is 2.03. The highest BCUT2D eigenvalue weighted by Crippen LogP contribution is 2.29. The van der Waals surface area contributed by atoms with Crippen LogP contribution in [0.1, 0.15) is 26.2 Å². The highest BCUT2D eigenvalue weighted by molar-refractivity contribution is 6.35. The van der Waals surface area contributed by atoms with Crippen molar-refractivity contribution in [2.24, 2.45) is 0 Å². The van der Waals surface area contributed by atoms with Crippen LogP contribution in [0.5, 0.6) is 0 Å². The van der Waals surface area contributed by atoms with Gasteiger partial charge in [-0.25, -0.2) is 0 Å². The summed E-state index contributed by atoms with van der Waals surface area (Å²) in [5.74, 6) is 0. The van der Waals surface area contributed by atoms with Crippen LogP contribution < -0.4 is 5.32 Å². The second-order valence-electron chi connectivity index (χ2n) is 5.75. The Kier molecular flexibility index (Phi) is 4.61. The van der Waals surface area contributed by atoms with Crippen LogP contribution in [0.15, 0.2) is 30.5 Å². The molecule has 3 nitrogen and oxygen atoms in total. The van der Waals surface area contributed by atoms with Crippen molar-refractivity contribution in [3.05, 3.63) is 35.5 Å². The van der Waals surface area contributed by atoms with E-state index in [-0.39, 0.29) is 0 Å². The Morgan fingerprint density at radius 1 is 1.29 bits per heavy atom. The number of piperidine rings is 1. The molecule has 112 valence electrons. The molecule has 0 amide bonds. The third kappa shape index (κ3) is 3.30. The van der Waals surface area contributed by atoms with E-state index < -0.39 is 0 Å². The molecule has 0 atom stereocenters. The van der Waals surface area contributed by atoms with Gasteiger partial charge >= 0.3 is 0 Å². The van der Waals surface area contributed by atoms with Crippen LogP contribution in [0.3, 0.4) is 0 Å². The summed E-state index contributed by atoms with van der Waals surface area (Å²) < 4.78 is 0. The highest BCUT2D eigenvalue weighted by atomic mass is 35.5. The number of fused-ring (bicyclic) bond motifs is 1. The molecular formula is C17H22ClN3. The van der Waals surface area contributed by atoms with Gasteiger partial charge in [0.05, 0.1) is 10.5 Å². The number of benzene rings is 1. The largest absolute Gasteiger partial charge is 0.382 e. The van der Waals surface area contributed by atoms with Crippen LogP contribution in [0.2, 0.25) is 5.02 Å². The number of hydrogen-bond donors (Lipinski definition) is 1. The normalized spacial score (nSPS) is 17.2. The SMILES string of the molecule is CCCN1CCC(Nc2ccc(Cl)c3ncccc23)CC1. The summed E-state index contributed by atoms with van der Waals surface area (Å²) in [5, 5.41) is 5.52. The number of aromatic nitrogens is 1. The fourth-order valence-corrected chi connectivity index (χ4v) is 3.31. The van der Waals surface area contributed by atoms with Gasteiger partial charge in [-0.3, -0.25) is 4.98 Å². The van der Waals surface area contributed by atoms with Gasteiger partial charge in [0.1, 0.15) is 0 Å². The van der Waals surface area contributed by atoms with Crippen LogP contribution >= 0.6 is 11.6 Å². The van der Waals surface area contributed by atoms with Crippen molar-refractivity contribution in [2.75, 3.05) is 25.0 Å². The quantitative estimate of drug-likeness (QED) is 0.918. The maximum atomic E-state index is 6.23. The number of halogens is 1. The van der Waals surface area contributed by atoms with Crippen LogP contribution in [-0.4, -0.2) is 35.6 Å². The standard InChI is InChI=1S/C17H22ClN3/c1-2-10-21-11-7-13(8-12-21)20-16-6-5-15(18)17-14(16)4-3-9-19-17/h3-6,9,13,20H,2,7-8,10-12H2,1H3. The summed E-state index contributed by atoms with van der Waals surface area (Å²) >= 11 is 6.23. The van der Waals surface area contributed by atoms with E-state index in [9.17, 15) is 0 Å². The minimum Gasteiger partial charge on any atom is -0.382 e. The average molecular weight is 304 g/mol. The first kappa shape index (κ1) is 14.6. The summed E-state index contributed by atoms with van der Waals surface area (Å²) in [6.07, 6.45) is 5.43. The zero-order chi connectivity index (χ0) is 14.7. The molecule has 21 heavy (non-hydrogen) atoms. The van der Waals surface area contributed by atoms with E-state index in [4.69, 9.17) is 11.6 Å². The summed E-state index contributed by atoms with van der Waals surface area (Å²) in [6, 6.07) is 8.61. The van der Waals surface area contributed by atoms with Gasteiger partial charge in [0.25, 0.3) is 0 Å². The smallest absolute Gasteiger partial charge is 0.0908 e. The van der Waals surface area contributed by atoms with Crippen molar-refractivity contribution < 1.29 is 0 Å². The van der Waals surface area contributed by atoms with E-state index in [1.807, 2.05) is 12.1 Å². The Balaban J connectivity index is 1.73. The molecule has 2 heterocycles. The lowest BCUT2D eigenvalue weighted by atomic mass is 10.0. The van der Waals surface area contributed by atoms with Crippen molar-refractivity contribution in [3.63, 3.8) is 0 Å². The van der Waals surface area contributed by atoms with Crippen molar-refractivity contribution in [2.45, 2.75) is 32.2 Å².